The molecule has 0 aliphatic heterocycles. The van der Waals surface area contributed by atoms with Crippen molar-refractivity contribution >= 4 is 0 Å². The fraction of sp³-hybridized carbons (Fsp3) is 0.357. The van der Waals surface area contributed by atoms with Crippen LogP contribution in [-0.2, 0) is 5.54 Å². The number of aromatic nitrogens is 2. The topological polar surface area (TPSA) is 38.1 Å². The normalized spacial score (nSPS) is 11.9. The molecule has 1 N–H and O–H groups in total. The molecule has 0 atom stereocenters. The van der Waals surface area contributed by atoms with Crippen LogP contribution in [0.4, 0.5) is 8.78 Å². The first-order valence-electron chi connectivity index (χ1n) is 5.96. The lowest BCUT2D eigenvalue weighted by Crippen LogP contribution is -2.24. The number of benzene rings is 1. The molecule has 0 amide bonds. The summed E-state index contributed by atoms with van der Waals surface area (Å²) in [6.45, 7) is 7.57. The maximum absolute atomic E-state index is 13.2. The van der Waals surface area contributed by atoms with Crippen molar-refractivity contribution in [2.75, 3.05) is 0 Å². The fourth-order valence-electron chi connectivity index (χ4n) is 1.99. The average Bonchev–Trinajstić information content (AvgIpc) is 2.60. The summed E-state index contributed by atoms with van der Waals surface area (Å²) in [5, 5.41) is 14.4. The van der Waals surface area contributed by atoms with Gasteiger partial charge in [0.25, 0.3) is 0 Å². The van der Waals surface area contributed by atoms with Crippen molar-refractivity contribution in [3.63, 3.8) is 0 Å². The van der Waals surface area contributed by atoms with Crippen molar-refractivity contribution < 1.29 is 13.9 Å². The van der Waals surface area contributed by atoms with Crippen LogP contribution in [0.5, 0.6) is 5.75 Å². The highest BCUT2D eigenvalue weighted by molar-refractivity contribution is 5.67. The summed E-state index contributed by atoms with van der Waals surface area (Å²) in [4.78, 5) is 0. The highest BCUT2D eigenvalue weighted by Gasteiger charge is 2.23. The number of hydrogen-bond acceptors (Lipinski definition) is 2. The standard InChI is InChI=1S/C14H16F2N2O/c1-8-13(19)12(17-18(8)14(2,3)4)9-5-6-10(15)11(16)7-9/h5-7,19H,1-4H3. The fourth-order valence-corrected chi connectivity index (χ4v) is 1.99. The predicted octanol–water partition coefficient (Wildman–Crippen LogP) is 3.60. The van der Waals surface area contributed by atoms with Crippen molar-refractivity contribution in [1.29, 1.82) is 0 Å². The molecule has 2 aromatic rings. The van der Waals surface area contributed by atoms with Gasteiger partial charge in [-0.2, -0.15) is 5.10 Å². The van der Waals surface area contributed by atoms with E-state index in [1.165, 1.54) is 6.07 Å². The molecule has 19 heavy (non-hydrogen) atoms. The Balaban J connectivity index is 2.60. The van der Waals surface area contributed by atoms with Gasteiger partial charge in [-0.25, -0.2) is 8.78 Å². The minimum Gasteiger partial charge on any atom is -0.504 e. The zero-order chi connectivity index (χ0) is 14.4. The molecule has 1 heterocycles. The highest BCUT2D eigenvalue weighted by Crippen LogP contribution is 2.34. The highest BCUT2D eigenvalue weighted by atomic mass is 19.2. The third-order valence-electron chi connectivity index (χ3n) is 2.91. The lowest BCUT2D eigenvalue weighted by atomic mass is 10.1. The van der Waals surface area contributed by atoms with Crippen molar-refractivity contribution in [3.05, 3.63) is 35.5 Å². The van der Waals surface area contributed by atoms with Gasteiger partial charge in [0, 0.05) is 5.56 Å². The maximum atomic E-state index is 13.2. The first-order chi connectivity index (χ1) is 8.71. The Labute approximate surface area is 110 Å². The summed E-state index contributed by atoms with van der Waals surface area (Å²) >= 11 is 0. The van der Waals surface area contributed by atoms with Gasteiger partial charge in [-0.05, 0) is 45.9 Å². The molecule has 0 saturated carbocycles. The molecule has 1 aromatic carbocycles. The van der Waals surface area contributed by atoms with E-state index < -0.39 is 11.6 Å². The molecular weight excluding hydrogens is 250 g/mol. The molecule has 0 saturated heterocycles. The van der Waals surface area contributed by atoms with E-state index in [1.807, 2.05) is 20.8 Å². The van der Waals surface area contributed by atoms with E-state index in [0.29, 0.717) is 11.3 Å². The van der Waals surface area contributed by atoms with Crippen molar-refractivity contribution in [2.45, 2.75) is 33.2 Å². The zero-order valence-electron chi connectivity index (χ0n) is 11.3. The molecule has 102 valence electrons. The van der Waals surface area contributed by atoms with E-state index in [1.54, 1.807) is 11.6 Å². The first kappa shape index (κ1) is 13.5. The van der Waals surface area contributed by atoms with E-state index in [-0.39, 0.29) is 17.0 Å². The first-order valence-corrected chi connectivity index (χ1v) is 5.96. The van der Waals surface area contributed by atoms with E-state index in [2.05, 4.69) is 5.10 Å². The lowest BCUT2D eigenvalue weighted by molar-refractivity contribution is 0.345. The molecule has 0 aliphatic rings. The van der Waals surface area contributed by atoms with E-state index in [9.17, 15) is 13.9 Å². The zero-order valence-corrected chi connectivity index (χ0v) is 11.3. The quantitative estimate of drug-likeness (QED) is 0.856. The SMILES string of the molecule is Cc1c(O)c(-c2ccc(F)c(F)c2)nn1C(C)(C)C. The number of rotatable bonds is 1. The van der Waals surface area contributed by atoms with Crippen LogP contribution in [0.15, 0.2) is 18.2 Å². The molecule has 0 aliphatic carbocycles. The summed E-state index contributed by atoms with van der Waals surface area (Å²) in [7, 11) is 0. The van der Waals surface area contributed by atoms with Crippen molar-refractivity contribution in [2.24, 2.45) is 0 Å². The summed E-state index contributed by atoms with van der Waals surface area (Å²) < 4.78 is 27.8. The van der Waals surface area contributed by atoms with Crippen molar-refractivity contribution in [3.8, 4) is 17.0 Å². The monoisotopic (exact) mass is 266 g/mol. The van der Waals surface area contributed by atoms with Gasteiger partial charge < -0.3 is 5.11 Å². The summed E-state index contributed by atoms with van der Waals surface area (Å²) in [5.74, 6) is -1.89. The third-order valence-corrected chi connectivity index (χ3v) is 2.91. The Bertz CT molecular complexity index is 627. The van der Waals surface area contributed by atoms with Crippen LogP contribution >= 0.6 is 0 Å². The summed E-state index contributed by atoms with van der Waals surface area (Å²) in [6, 6.07) is 3.45. The predicted molar refractivity (Wildman–Crippen MR) is 69.0 cm³/mol. The number of aromatic hydroxyl groups is 1. The van der Waals surface area contributed by atoms with E-state index in [4.69, 9.17) is 0 Å². The Morgan fingerprint density at radius 2 is 1.79 bits per heavy atom. The van der Waals surface area contributed by atoms with Gasteiger partial charge in [0.15, 0.2) is 17.4 Å². The Morgan fingerprint density at radius 1 is 1.16 bits per heavy atom. The van der Waals surface area contributed by atoms with Gasteiger partial charge in [-0.3, -0.25) is 4.68 Å². The van der Waals surface area contributed by atoms with Crippen LogP contribution in [0.25, 0.3) is 11.3 Å². The summed E-state index contributed by atoms with van der Waals surface area (Å²) in [6.07, 6.45) is 0. The smallest absolute Gasteiger partial charge is 0.164 e. The van der Waals surface area contributed by atoms with E-state index in [0.717, 1.165) is 12.1 Å². The van der Waals surface area contributed by atoms with Crippen LogP contribution in [-0.4, -0.2) is 14.9 Å². The molecule has 2 rings (SSSR count). The molecule has 0 radical (unpaired) electrons. The van der Waals surface area contributed by atoms with Gasteiger partial charge in [0.2, 0.25) is 0 Å². The maximum Gasteiger partial charge on any atom is 0.164 e. The summed E-state index contributed by atoms with van der Waals surface area (Å²) in [5.41, 5.74) is 0.888. The van der Waals surface area contributed by atoms with E-state index >= 15 is 0 Å². The van der Waals surface area contributed by atoms with Crippen LogP contribution < -0.4 is 0 Å². The second-order valence-electron chi connectivity index (χ2n) is 5.49. The van der Waals surface area contributed by atoms with Gasteiger partial charge in [-0.15, -0.1) is 0 Å². The Hall–Kier alpha value is -1.91. The molecular formula is C14H16F2N2O. The molecule has 0 unspecified atom stereocenters. The van der Waals surface area contributed by atoms with Crippen LogP contribution in [0, 0.1) is 18.6 Å². The minimum atomic E-state index is -0.958. The van der Waals surface area contributed by atoms with Crippen molar-refractivity contribution in [1.82, 2.24) is 9.78 Å². The van der Waals surface area contributed by atoms with Gasteiger partial charge >= 0.3 is 0 Å². The largest absolute Gasteiger partial charge is 0.504 e. The Morgan fingerprint density at radius 3 is 2.26 bits per heavy atom. The number of hydrogen-bond donors (Lipinski definition) is 1. The molecule has 0 fully saturated rings. The second-order valence-corrected chi connectivity index (χ2v) is 5.49. The minimum absolute atomic E-state index is 0.0130. The van der Waals surface area contributed by atoms with Gasteiger partial charge in [0.1, 0.15) is 5.69 Å². The van der Waals surface area contributed by atoms with Crippen LogP contribution in [0.3, 0.4) is 0 Å². The Kier molecular flexibility index (Phi) is 3.08. The van der Waals surface area contributed by atoms with Crippen LogP contribution in [0.1, 0.15) is 26.5 Å². The number of nitrogens with zero attached hydrogens (tertiary/aromatic N) is 2. The molecule has 0 bridgehead atoms. The average molecular weight is 266 g/mol. The number of halogens is 2. The van der Waals surface area contributed by atoms with Gasteiger partial charge in [-0.1, -0.05) is 0 Å². The molecule has 1 aromatic heterocycles. The molecule has 3 nitrogen and oxygen atoms in total. The molecule has 5 heteroatoms. The third kappa shape index (κ3) is 2.32. The molecule has 0 spiro atoms. The van der Waals surface area contributed by atoms with Crippen LogP contribution in [0.2, 0.25) is 0 Å². The second kappa shape index (κ2) is 4.33. The lowest BCUT2D eigenvalue weighted by Gasteiger charge is -2.20. The van der Waals surface area contributed by atoms with Gasteiger partial charge in [0.05, 0.1) is 11.2 Å².